The van der Waals surface area contributed by atoms with Gasteiger partial charge in [0, 0.05) is 63.2 Å². The van der Waals surface area contributed by atoms with Gasteiger partial charge in [0.15, 0.2) is 17.9 Å². The Morgan fingerprint density at radius 1 is 0.417 bits per heavy atom. The summed E-state index contributed by atoms with van der Waals surface area (Å²) in [6.45, 7) is 3.42. The highest BCUT2D eigenvalue weighted by Gasteiger charge is 2.14. The van der Waals surface area contributed by atoms with E-state index in [1.807, 2.05) is 63.7 Å². The number of hydrogen-bond donors (Lipinski definition) is 7. The first kappa shape index (κ1) is 58.3. The minimum atomic E-state index is -0.0211. The van der Waals surface area contributed by atoms with Gasteiger partial charge in [-0.15, -0.1) is 0 Å². The number of amides is 3. The van der Waals surface area contributed by atoms with E-state index in [9.17, 15) is 14.4 Å². The molecule has 0 aromatic rings. The summed E-state index contributed by atoms with van der Waals surface area (Å²) in [5.41, 5.74) is 38.3. The van der Waals surface area contributed by atoms with Crippen LogP contribution in [0.4, 0.5) is 0 Å². The highest BCUT2D eigenvalue weighted by atomic mass is 32.2. The molecule has 0 heterocycles. The molecule has 0 spiro atoms. The van der Waals surface area contributed by atoms with Crippen molar-refractivity contribution in [3.8, 4) is 0 Å². The topological polar surface area (TPSA) is 280 Å². The molecule has 0 saturated heterocycles. The zero-order valence-corrected chi connectivity index (χ0v) is 41.2. The Morgan fingerprint density at radius 3 is 1.20 bits per heavy atom. The summed E-state index contributed by atoms with van der Waals surface area (Å²) in [5, 5.41) is 0. The van der Waals surface area contributed by atoms with Gasteiger partial charge in [0.05, 0.1) is 6.54 Å². The molecule has 0 aromatic heterocycles. The van der Waals surface area contributed by atoms with Crippen molar-refractivity contribution in [1.82, 2.24) is 14.7 Å². The number of carbonyl (C=O) groups is 3. The molecule has 0 rings (SSSR count). The Balaban J connectivity index is 4.15. The van der Waals surface area contributed by atoms with Crippen LogP contribution >= 0.6 is 70.6 Å². The molecule has 22 heteroatoms. The third-order valence-corrected chi connectivity index (χ3v) is 15.1. The second-order valence-corrected chi connectivity index (χ2v) is 21.1. The summed E-state index contributed by atoms with van der Waals surface area (Å²) in [7, 11) is 1.69. The summed E-state index contributed by atoms with van der Waals surface area (Å²) in [6, 6.07) is 0. The second kappa shape index (κ2) is 42.6. The van der Waals surface area contributed by atoms with Crippen molar-refractivity contribution < 1.29 is 14.4 Å². The van der Waals surface area contributed by atoms with Crippen molar-refractivity contribution in [1.29, 1.82) is 0 Å². The van der Waals surface area contributed by atoms with E-state index >= 15 is 0 Å². The van der Waals surface area contributed by atoms with Crippen LogP contribution in [0.1, 0.15) is 77.0 Å². The van der Waals surface area contributed by atoms with E-state index in [0.29, 0.717) is 45.4 Å². The molecule has 0 bridgehead atoms. The van der Waals surface area contributed by atoms with Crippen LogP contribution in [-0.2, 0) is 14.4 Å². The molecule has 14 N–H and O–H groups in total. The maximum absolute atomic E-state index is 13.1. The highest BCUT2D eigenvalue weighted by molar-refractivity contribution is 8.00. The lowest BCUT2D eigenvalue weighted by Gasteiger charge is -2.22. The van der Waals surface area contributed by atoms with Crippen molar-refractivity contribution in [3.05, 3.63) is 0 Å². The van der Waals surface area contributed by atoms with Crippen LogP contribution in [0.3, 0.4) is 0 Å². The summed E-state index contributed by atoms with van der Waals surface area (Å²) in [6.07, 6.45) is 11.2. The van der Waals surface area contributed by atoms with Gasteiger partial charge in [-0.3, -0.25) is 19.4 Å². The first-order valence-electron chi connectivity index (χ1n) is 21.1. The van der Waals surface area contributed by atoms with Crippen LogP contribution in [0.5, 0.6) is 0 Å². The second-order valence-electron chi connectivity index (χ2n) is 13.8. The predicted molar refractivity (Wildman–Crippen MR) is 272 cm³/mol. The molecule has 0 aromatic carbocycles. The number of aliphatic imine (C=N–C) groups is 3. The standard InChI is InChI=1S/C38H79N13O3S6/c1-49(31-47-37(42)43)33(52)11-28-58-22-6-3-20-56-26-9-16-50(18-15-46-36(40)41)34(53)12-29-59-23-7-4-21-57-27-10-17-51(32-48-38(44)45)35(54)13-30-60-24-5-2-19-55-25-8-14-39/h2-32,39H2,1H3,(H4,40,41,46)(H4,42,43,47)(H4,44,45,48). The summed E-state index contributed by atoms with van der Waals surface area (Å²) >= 11 is 11.3. The summed E-state index contributed by atoms with van der Waals surface area (Å²) in [4.78, 5) is 55.3. The molecule has 60 heavy (non-hydrogen) atoms. The van der Waals surface area contributed by atoms with Gasteiger partial charge in [-0.05, 0) is 116 Å². The van der Waals surface area contributed by atoms with Gasteiger partial charge >= 0.3 is 0 Å². The Hall–Kier alpha value is -1.72. The van der Waals surface area contributed by atoms with Gasteiger partial charge in [0.1, 0.15) is 13.3 Å². The van der Waals surface area contributed by atoms with Crippen LogP contribution in [0, 0.1) is 0 Å². The van der Waals surface area contributed by atoms with E-state index in [0.717, 1.165) is 115 Å². The van der Waals surface area contributed by atoms with Crippen molar-refractivity contribution in [2.75, 3.05) is 122 Å². The zero-order valence-electron chi connectivity index (χ0n) is 36.3. The number of guanidine groups is 3. The largest absolute Gasteiger partial charge is 0.370 e. The SMILES string of the molecule is CN(CN=C(N)N)C(=O)CCSCCCCSCCCN(CCN=C(N)N)C(=O)CCSCCCCSCCCN(CN=C(N)N)C(=O)CCSCCCCSCCCN. The molecule has 0 aliphatic heterocycles. The Morgan fingerprint density at radius 2 is 0.767 bits per heavy atom. The Labute approximate surface area is 387 Å². The third kappa shape index (κ3) is 39.1. The van der Waals surface area contributed by atoms with Gasteiger partial charge in [0.2, 0.25) is 17.7 Å². The van der Waals surface area contributed by atoms with Crippen molar-refractivity contribution in [2.24, 2.45) is 55.1 Å². The molecule has 0 atom stereocenters. The van der Waals surface area contributed by atoms with Crippen LogP contribution < -0.4 is 40.1 Å². The lowest BCUT2D eigenvalue weighted by Crippen LogP contribution is -2.35. The zero-order chi connectivity index (χ0) is 44.5. The normalized spacial score (nSPS) is 10.9. The quantitative estimate of drug-likeness (QED) is 0.0263. The van der Waals surface area contributed by atoms with Crippen LogP contribution in [0.15, 0.2) is 15.0 Å². The number of carbonyl (C=O) groups excluding carboxylic acids is 3. The molecule has 0 radical (unpaired) electrons. The van der Waals surface area contributed by atoms with Crippen LogP contribution in [0.25, 0.3) is 0 Å². The van der Waals surface area contributed by atoms with Crippen LogP contribution in [0.2, 0.25) is 0 Å². The van der Waals surface area contributed by atoms with E-state index in [4.69, 9.17) is 40.1 Å². The molecule has 0 fully saturated rings. The fourth-order valence-electron chi connectivity index (χ4n) is 5.09. The maximum Gasteiger partial charge on any atom is 0.224 e. The molecular weight excluding hydrogens is 879 g/mol. The van der Waals surface area contributed by atoms with Gasteiger partial charge in [0.25, 0.3) is 0 Å². The fourth-order valence-corrected chi connectivity index (χ4v) is 10.8. The minimum Gasteiger partial charge on any atom is -0.370 e. The summed E-state index contributed by atoms with van der Waals surface area (Å²) < 4.78 is 0. The number of nitrogens with two attached hydrogens (primary N) is 7. The first-order chi connectivity index (χ1) is 29.0. The molecule has 0 aliphatic rings. The Kier molecular flexibility index (Phi) is 41.4. The Bertz CT molecular complexity index is 1180. The number of hydrogen-bond acceptors (Lipinski definition) is 13. The average Bonchev–Trinajstić information content (AvgIpc) is 3.21. The van der Waals surface area contributed by atoms with Crippen molar-refractivity contribution in [3.63, 3.8) is 0 Å². The maximum atomic E-state index is 13.1. The minimum absolute atomic E-state index is 0.000962. The smallest absolute Gasteiger partial charge is 0.224 e. The molecule has 350 valence electrons. The predicted octanol–water partition coefficient (Wildman–Crippen LogP) is 2.88. The number of thioether (sulfide) groups is 6. The fraction of sp³-hybridized carbons (Fsp3) is 0.842. The van der Waals surface area contributed by atoms with E-state index in [1.54, 1.807) is 23.7 Å². The first-order valence-corrected chi connectivity index (χ1v) is 28.0. The van der Waals surface area contributed by atoms with Crippen molar-refractivity contribution >= 4 is 106 Å². The third-order valence-electron chi connectivity index (χ3n) is 8.47. The lowest BCUT2D eigenvalue weighted by molar-refractivity contribution is -0.131. The molecule has 0 unspecified atom stereocenters. The average molecular weight is 959 g/mol. The molecule has 0 aliphatic carbocycles. The molecule has 16 nitrogen and oxygen atoms in total. The van der Waals surface area contributed by atoms with Crippen LogP contribution in [-0.4, -0.2) is 172 Å². The van der Waals surface area contributed by atoms with Gasteiger partial charge in [-0.2, -0.15) is 70.6 Å². The van der Waals surface area contributed by atoms with E-state index in [2.05, 4.69) is 15.0 Å². The van der Waals surface area contributed by atoms with Gasteiger partial charge < -0.3 is 54.8 Å². The highest BCUT2D eigenvalue weighted by Crippen LogP contribution is 2.15. The number of rotatable bonds is 42. The monoisotopic (exact) mass is 957 g/mol. The number of nitrogens with zero attached hydrogens (tertiary/aromatic N) is 6. The molecule has 3 amide bonds. The van der Waals surface area contributed by atoms with Gasteiger partial charge in [-0.1, -0.05) is 0 Å². The molecular formula is C38H79N13O3S6. The van der Waals surface area contributed by atoms with E-state index < -0.39 is 0 Å². The van der Waals surface area contributed by atoms with Gasteiger partial charge in [-0.25, -0.2) is 9.98 Å². The van der Waals surface area contributed by atoms with E-state index in [-0.39, 0.29) is 48.9 Å². The van der Waals surface area contributed by atoms with E-state index in [1.165, 1.54) is 23.5 Å². The number of unbranched alkanes of at least 4 members (excludes halogenated alkanes) is 3. The summed E-state index contributed by atoms with van der Waals surface area (Å²) in [5.74, 6) is 12.3. The lowest BCUT2D eigenvalue weighted by atomic mass is 10.3. The van der Waals surface area contributed by atoms with Crippen molar-refractivity contribution in [2.45, 2.75) is 77.0 Å². The molecule has 0 saturated carbocycles.